The molecule has 2 aliphatic rings. The zero-order valence-corrected chi connectivity index (χ0v) is 18.5. The van der Waals surface area contributed by atoms with Crippen LogP contribution in [0.3, 0.4) is 0 Å². The van der Waals surface area contributed by atoms with Gasteiger partial charge >= 0.3 is 6.08 Å². The van der Waals surface area contributed by atoms with Gasteiger partial charge < -0.3 is 14.1 Å². The lowest BCUT2D eigenvalue weighted by Gasteiger charge is -2.35. The molecule has 4 aromatic rings. The molecule has 1 aliphatic heterocycles. The summed E-state index contributed by atoms with van der Waals surface area (Å²) in [6.07, 6.45) is 2.36. The average molecular weight is 440 g/mol. The zero-order valence-electron chi connectivity index (χ0n) is 18.5. The molecule has 0 N–H and O–H groups in total. The first-order chi connectivity index (χ1) is 16.2. The SMILES string of the molecule is Cc1ccc(-c2ccccc2)c(C(=O)N2CC3CC3CC2COc2nc3ccccc3o2)n1. The predicted octanol–water partition coefficient (Wildman–Crippen LogP) is 5.13. The monoisotopic (exact) mass is 439 g/mol. The van der Waals surface area contributed by atoms with Crippen LogP contribution in [0.15, 0.2) is 71.1 Å². The molecule has 33 heavy (non-hydrogen) atoms. The van der Waals surface area contributed by atoms with Crippen LogP contribution in [0.4, 0.5) is 0 Å². The van der Waals surface area contributed by atoms with Gasteiger partial charge in [0.2, 0.25) is 0 Å². The van der Waals surface area contributed by atoms with Crippen LogP contribution in [0.1, 0.15) is 29.0 Å². The number of para-hydroxylation sites is 2. The molecule has 6 nitrogen and oxygen atoms in total. The van der Waals surface area contributed by atoms with Gasteiger partial charge in [0, 0.05) is 17.8 Å². The lowest BCUT2D eigenvalue weighted by molar-refractivity contribution is 0.0477. The lowest BCUT2D eigenvalue weighted by atomic mass is 9.99. The van der Waals surface area contributed by atoms with Crippen molar-refractivity contribution in [3.63, 3.8) is 0 Å². The first-order valence-corrected chi connectivity index (χ1v) is 11.5. The maximum absolute atomic E-state index is 13.8. The van der Waals surface area contributed by atoms with Gasteiger partial charge in [0.25, 0.3) is 5.91 Å². The Labute approximate surface area is 192 Å². The number of hydrogen-bond donors (Lipinski definition) is 0. The minimum Gasteiger partial charge on any atom is -0.448 e. The summed E-state index contributed by atoms with van der Waals surface area (Å²) in [6, 6.07) is 21.5. The standard InChI is InChI=1S/C27H25N3O3/c1-17-11-12-22(18-7-3-2-4-8-18)25(28-17)26(31)30-15-20-13-19(20)14-21(30)16-32-27-29-23-9-5-6-10-24(23)33-27/h2-12,19-21H,13-16H2,1H3. The van der Waals surface area contributed by atoms with Crippen LogP contribution >= 0.6 is 0 Å². The summed E-state index contributed by atoms with van der Waals surface area (Å²) >= 11 is 0. The summed E-state index contributed by atoms with van der Waals surface area (Å²) in [5, 5.41) is 0. The van der Waals surface area contributed by atoms with Crippen molar-refractivity contribution in [2.24, 2.45) is 11.8 Å². The quantitative estimate of drug-likeness (QED) is 0.431. The minimum atomic E-state index is -0.0396. The van der Waals surface area contributed by atoms with Gasteiger partial charge in [-0.25, -0.2) is 4.98 Å². The van der Waals surface area contributed by atoms with Crippen LogP contribution in [-0.4, -0.2) is 40.0 Å². The van der Waals surface area contributed by atoms with Crippen LogP contribution in [-0.2, 0) is 0 Å². The van der Waals surface area contributed by atoms with Crippen LogP contribution in [0.5, 0.6) is 6.08 Å². The van der Waals surface area contributed by atoms with E-state index in [1.807, 2.05) is 78.6 Å². The number of likely N-dealkylation sites (tertiary alicyclic amines) is 1. The van der Waals surface area contributed by atoms with E-state index in [1.165, 1.54) is 6.42 Å². The molecule has 6 rings (SSSR count). The van der Waals surface area contributed by atoms with Gasteiger partial charge in [-0.1, -0.05) is 48.5 Å². The number of carbonyl (C=O) groups excluding carboxylic acids is 1. The molecule has 1 saturated carbocycles. The van der Waals surface area contributed by atoms with Crippen molar-refractivity contribution in [2.45, 2.75) is 25.8 Å². The number of rotatable bonds is 5. The summed E-state index contributed by atoms with van der Waals surface area (Å²) in [5.41, 5.74) is 4.66. The molecule has 0 radical (unpaired) electrons. The Morgan fingerprint density at radius 2 is 1.82 bits per heavy atom. The molecule has 1 amide bonds. The van der Waals surface area contributed by atoms with E-state index >= 15 is 0 Å². The number of pyridine rings is 1. The number of amides is 1. The third-order valence-corrected chi connectivity index (χ3v) is 6.77. The Bertz CT molecular complexity index is 1280. The van der Waals surface area contributed by atoms with Crippen LogP contribution < -0.4 is 4.74 Å². The number of oxazole rings is 1. The summed E-state index contributed by atoms with van der Waals surface area (Å²) in [7, 11) is 0. The summed E-state index contributed by atoms with van der Waals surface area (Å²) < 4.78 is 11.7. The first kappa shape index (κ1) is 20.0. The largest absolute Gasteiger partial charge is 0.448 e. The number of piperidine rings is 1. The molecule has 0 bridgehead atoms. The Kier molecular flexibility index (Phi) is 4.86. The highest BCUT2D eigenvalue weighted by Gasteiger charge is 2.47. The number of hydrogen-bond acceptors (Lipinski definition) is 5. The molecule has 3 heterocycles. The second-order valence-corrected chi connectivity index (χ2v) is 9.08. The van der Waals surface area contributed by atoms with E-state index in [0.717, 1.165) is 35.3 Å². The van der Waals surface area contributed by atoms with E-state index in [9.17, 15) is 4.79 Å². The highest BCUT2D eigenvalue weighted by Crippen LogP contribution is 2.47. The number of aromatic nitrogens is 2. The first-order valence-electron chi connectivity index (χ1n) is 11.5. The maximum atomic E-state index is 13.8. The summed E-state index contributed by atoms with van der Waals surface area (Å²) in [6.45, 7) is 3.02. The van der Waals surface area contributed by atoms with Gasteiger partial charge in [0.05, 0.1) is 6.04 Å². The number of nitrogens with zero attached hydrogens (tertiary/aromatic N) is 3. The van der Waals surface area contributed by atoms with E-state index in [1.54, 1.807) is 0 Å². The second kappa shape index (κ2) is 8.03. The van der Waals surface area contributed by atoms with E-state index in [4.69, 9.17) is 9.15 Å². The van der Waals surface area contributed by atoms with Crippen molar-refractivity contribution in [3.05, 3.63) is 78.1 Å². The van der Waals surface area contributed by atoms with Gasteiger partial charge in [-0.05, 0) is 55.4 Å². The molecule has 3 unspecified atom stereocenters. The van der Waals surface area contributed by atoms with Crippen molar-refractivity contribution < 1.29 is 13.9 Å². The summed E-state index contributed by atoms with van der Waals surface area (Å²) in [5.74, 6) is 1.22. The fourth-order valence-corrected chi connectivity index (χ4v) is 4.89. The summed E-state index contributed by atoms with van der Waals surface area (Å²) in [4.78, 5) is 24.9. The molecule has 3 atom stereocenters. The topological polar surface area (TPSA) is 68.5 Å². The predicted molar refractivity (Wildman–Crippen MR) is 125 cm³/mol. The van der Waals surface area contributed by atoms with Crippen LogP contribution in [0, 0.1) is 18.8 Å². The molecule has 2 fully saturated rings. The molecule has 6 heteroatoms. The zero-order chi connectivity index (χ0) is 22.4. The van der Waals surface area contributed by atoms with E-state index in [-0.39, 0.29) is 18.0 Å². The fourth-order valence-electron chi connectivity index (χ4n) is 4.89. The molecule has 2 aromatic heterocycles. The van der Waals surface area contributed by atoms with Gasteiger partial charge in [-0.2, -0.15) is 4.98 Å². The molecule has 166 valence electrons. The maximum Gasteiger partial charge on any atom is 0.394 e. The molecular weight excluding hydrogens is 414 g/mol. The third-order valence-electron chi connectivity index (χ3n) is 6.77. The number of carbonyl (C=O) groups is 1. The van der Waals surface area contributed by atoms with Crippen molar-refractivity contribution in [2.75, 3.05) is 13.2 Å². The van der Waals surface area contributed by atoms with E-state index < -0.39 is 0 Å². The normalized spacial score (nSPS) is 21.6. The van der Waals surface area contributed by atoms with Gasteiger partial charge in [0.15, 0.2) is 5.58 Å². The average Bonchev–Trinajstić information content (AvgIpc) is 3.49. The number of aryl methyl sites for hydroxylation is 1. The third kappa shape index (κ3) is 3.86. The molecular formula is C27H25N3O3. The van der Waals surface area contributed by atoms with Gasteiger partial charge in [0.1, 0.15) is 17.8 Å². The molecule has 2 aromatic carbocycles. The minimum absolute atomic E-state index is 0.0333. The smallest absolute Gasteiger partial charge is 0.394 e. The Morgan fingerprint density at radius 1 is 1.00 bits per heavy atom. The highest BCUT2D eigenvalue weighted by atomic mass is 16.6. The number of ether oxygens (including phenoxy) is 1. The van der Waals surface area contributed by atoms with Crippen molar-refractivity contribution in [1.82, 2.24) is 14.9 Å². The number of benzene rings is 2. The lowest BCUT2D eigenvalue weighted by Crippen LogP contribution is -2.48. The molecule has 1 saturated heterocycles. The highest BCUT2D eigenvalue weighted by molar-refractivity contribution is 5.99. The van der Waals surface area contributed by atoms with Gasteiger partial charge in [-0.3, -0.25) is 4.79 Å². The van der Waals surface area contributed by atoms with Crippen molar-refractivity contribution in [3.8, 4) is 17.2 Å². The number of fused-ring (bicyclic) bond motifs is 2. The Hall–Kier alpha value is -3.67. The van der Waals surface area contributed by atoms with Gasteiger partial charge in [-0.15, -0.1) is 0 Å². The van der Waals surface area contributed by atoms with E-state index in [0.29, 0.717) is 29.7 Å². The Balaban J connectivity index is 1.27. The Morgan fingerprint density at radius 3 is 2.67 bits per heavy atom. The van der Waals surface area contributed by atoms with Crippen LogP contribution in [0.2, 0.25) is 0 Å². The second-order valence-electron chi connectivity index (χ2n) is 9.08. The van der Waals surface area contributed by atoms with Crippen LogP contribution in [0.25, 0.3) is 22.2 Å². The van der Waals surface area contributed by atoms with E-state index in [2.05, 4.69) is 9.97 Å². The van der Waals surface area contributed by atoms with Crippen molar-refractivity contribution >= 4 is 17.0 Å². The molecule has 0 spiro atoms. The van der Waals surface area contributed by atoms with Crippen molar-refractivity contribution in [1.29, 1.82) is 0 Å². The fraction of sp³-hybridized carbons (Fsp3) is 0.296. The molecule has 1 aliphatic carbocycles.